The predicted octanol–water partition coefficient (Wildman–Crippen LogP) is 4.43. The van der Waals surface area contributed by atoms with E-state index in [1.165, 1.54) is 18.4 Å². The summed E-state index contributed by atoms with van der Waals surface area (Å²) in [5.41, 5.74) is 5.99. The van der Waals surface area contributed by atoms with Gasteiger partial charge in [-0.05, 0) is 18.1 Å². The molecule has 0 fully saturated rings. The van der Waals surface area contributed by atoms with Gasteiger partial charge in [-0.25, -0.2) is 9.78 Å². The van der Waals surface area contributed by atoms with Gasteiger partial charge in [0, 0.05) is 0 Å². The van der Waals surface area contributed by atoms with Crippen LogP contribution in [-0.2, 0) is 4.74 Å². The first-order chi connectivity index (χ1) is 12.2. The Hall–Kier alpha value is -2.99. The Morgan fingerprint density at radius 2 is 1.72 bits per heavy atom. The Bertz CT molecular complexity index is 890. The van der Waals surface area contributed by atoms with Crippen molar-refractivity contribution in [2.75, 3.05) is 12.5 Å². The number of rotatable bonds is 5. The lowest BCUT2D eigenvalue weighted by Gasteiger charge is -2.00. The number of nitrogens with one attached hydrogen (secondary N) is 1. The number of esters is 1. The Labute approximate surface area is 150 Å². The van der Waals surface area contributed by atoms with Crippen LogP contribution in [0.25, 0.3) is 10.4 Å². The van der Waals surface area contributed by atoms with Crippen molar-refractivity contribution in [1.82, 2.24) is 4.98 Å². The van der Waals surface area contributed by atoms with Crippen molar-refractivity contribution >= 4 is 28.1 Å². The summed E-state index contributed by atoms with van der Waals surface area (Å²) in [6, 6.07) is 19.5. The van der Waals surface area contributed by atoms with Gasteiger partial charge in [0.2, 0.25) is 5.13 Å². The number of anilines is 1. The Morgan fingerprint density at radius 3 is 2.36 bits per heavy atom. The Morgan fingerprint density at radius 1 is 1.08 bits per heavy atom. The maximum Gasteiger partial charge on any atom is 0.358 e. The van der Waals surface area contributed by atoms with Crippen LogP contribution < -0.4 is 5.43 Å². The van der Waals surface area contributed by atoms with Gasteiger partial charge in [0.15, 0.2) is 5.69 Å². The van der Waals surface area contributed by atoms with E-state index < -0.39 is 5.97 Å². The normalized spacial score (nSPS) is 11.2. The van der Waals surface area contributed by atoms with Crippen LogP contribution in [0, 0.1) is 0 Å². The summed E-state index contributed by atoms with van der Waals surface area (Å²) in [4.78, 5) is 17.1. The van der Waals surface area contributed by atoms with Gasteiger partial charge in [0.25, 0.3) is 0 Å². The second kappa shape index (κ2) is 7.72. The molecule has 0 bridgehead atoms. The number of ether oxygens (including phenoxy) is 1. The largest absolute Gasteiger partial charge is 0.464 e. The molecule has 0 amide bonds. The summed E-state index contributed by atoms with van der Waals surface area (Å²) in [7, 11) is 1.35. The lowest BCUT2D eigenvalue weighted by atomic mass is 10.1. The number of hydrazone groups is 1. The van der Waals surface area contributed by atoms with Crippen molar-refractivity contribution < 1.29 is 9.53 Å². The van der Waals surface area contributed by atoms with Crippen molar-refractivity contribution in [3.63, 3.8) is 0 Å². The maximum atomic E-state index is 12.0. The molecule has 0 aliphatic rings. The van der Waals surface area contributed by atoms with Gasteiger partial charge in [0.05, 0.1) is 17.7 Å². The second-order valence-corrected chi connectivity index (χ2v) is 6.23. The minimum Gasteiger partial charge on any atom is -0.464 e. The second-order valence-electron chi connectivity index (χ2n) is 5.23. The van der Waals surface area contributed by atoms with Gasteiger partial charge in [0.1, 0.15) is 0 Å². The highest BCUT2D eigenvalue weighted by molar-refractivity contribution is 7.19. The number of carbonyl (C=O) groups is 1. The molecule has 126 valence electrons. The van der Waals surface area contributed by atoms with Gasteiger partial charge in [-0.2, -0.15) is 5.10 Å². The van der Waals surface area contributed by atoms with Gasteiger partial charge in [-0.1, -0.05) is 72.0 Å². The highest BCUT2D eigenvalue weighted by Gasteiger charge is 2.20. The van der Waals surface area contributed by atoms with Gasteiger partial charge in [-0.3, -0.25) is 5.43 Å². The van der Waals surface area contributed by atoms with E-state index in [-0.39, 0.29) is 5.69 Å². The van der Waals surface area contributed by atoms with Crippen LogP contribution in [0.2, 0.25) is 0 Å². The average molecular weight is 351 g/mol. The molecule has 3 rings (SSSR count). The summed E-state index contributed by atoms with van der Waals surface area (Å²) in [5, 5.41) is 4.90. The molecule has 0 spiro atoms. The van der Waals surface area contributed by atoms with E-state index in [9.17, 15) is 4.79 Å². The molecule has 0 atom stereocenters. The molecule has 6 heteroatoms. The summed E-state index contributed by atoms with van der Waals surface area (Å²) in [5.74, 6) is -0.466. The summed E-state index contributed by atoms with van der Waals surface area (Å²) in [6.07, 6.45) is 0. The first kappa shape index (κ1) is 16.9. The molecule has 0 saturated carbocycles. The zero-order valence-corrected chi connectivity index (χ0v) is 14.7. The topological polar surface area (TPSA) is 63.6 Å². The number of aromatic nitrogens is 1. The van der Waals surface area contributed by atoms with Crippen LogP contribution in [0.15, 0.2) is 65.8 Å². The first-order valence-corrected chi connectivity index (χ1v) is 8.51. The van der Waals surface area contributed by atoms with Gasteiger partial charge >= 0.3 is 5.97 Å². The molecule has 3 aromatic rings. The first-order valence-electron chi connectivity index (χ1n) is 7.69. The molecule has 0 aliphatic heterocycles. The van der Waals surface area contributed by atoms with Crippen molar-refractivity contribution in [3.05, 3.63) is 71.9 Å². The zero-order valence-electron chi connectivity index (χ0n) is 13.9. The molecule has 25 heavy (non-hydrogen) atoms. The molecule has 0 radical (unpaired) electrons. The smallest absolute Gasteiger partial charge is 0.358 e. The van der Waals surface area contributed by atoms with Crippen LogP contribution in [0.3, 0.4) is 0 Å². The number of carbonyl (C=O) groups excluding carboxylic acids is 1. The van der Waals surface area contributed by atoms with Crippen LogP contribution >= 0.6 is 11.3 Å². The Balaban J connectivity index is 1.90. The molecule has 0 unspecified atom stereocenters. The van der Waals surface area contributed by atoms with E-state index in [1.807, 2.05) is 67.6 Å². The minimum absolute atomic E-state index is 0.286. The van der Waals surface area contributed by atoms with E-state index in [0.717, 1.165) is 21.7 Å². The monoisotopic (exact) mass is 351 g/mol. The van der Waals surface area contributed by atoms with E-state index in [2.05, 4.69) is 15.5 Å². The number of thiazole rings is 1. The van der Waals surface area contributed by atoms with E-state index in [4.69, 9.17) is 4.74 Å². The fraction of sp³-hybridized carbons (Fsp3) is 0.105. The fourth-order valence-corrected chi connectivity index (χ4v) is 3.16. The van der Waals surface area contributed by atoms with E-state index in [1.54, 1.807) is 0 Å². The number of methoxy groups -OCH3 is 1. The third kappa shape index (κ3) is 3.92. The maximum absolute atomic E-state index is 12.0. The minimum atomic E-state index is -0.466. The number of benzene rings is 2. The molecule has 1 heterocycles. The number of hydrogen-bond acceptors (Lipinski definition) is 6. The number of nitrogens with zero attached hydrogens (tertiary/aromatic N) is 2. The van der Waals surface area contributed by atoms with E-state index in [0.29, 0.717) is 5.13 Å². The van der Waals surface area contributed by atoms with Gasteiger partial charge < -0.3 is 4.74 Å². The number of hydrogen-bond donors (Lipinski definition) is 1. The average Bonchev–Trinajstić information content (AvgIpc) is 3.11. The summed E-state index contributed by atoms with van der Waals surface area (Å²) in [6.45, 7) is 1.91. The molecular formula is C19H17N3O2S. The SMILES string of the molecule is COC(=O)c1nc(NN=C(C)c2ccccc2)sc1-c1ccccc1. The molecule has 5 nitrogen and oxygen atoms in total. The third-order valence-electron chi connectivity index (χ3n) is 3.55. The Kier molecular flexibility index (Phi) is 5.20. The standard InChI is InChI=1S/C19H17N3O2S/c1-13(14-9-5-3-6-10-14)21-22-19-20-16(18(23)24-2)17(25-19)15-11-7-4-8-12-15/h3-12H,1-2H3,(H,20,22). The van der Waals surface area contributed by atoms with Crippen molar-refractivity contribution in [1.29, 1.82) is 0 Å². The summed E-state index contributed by atoms with van der Waals surface area (Å²) < 4.78 is 4.85. The quantitative estimate of drug-likeness (QED) is 0.419. The lowest BCUT2D eigenvalue weighted by molar-refractivity contribution is 0.0596. The van der Waals surface area contributed by atoms with Crippen molar-refractivity contribution in [2.45, 2.75) is 6.92 Å². The molecule has 1 N–H and O–H groups in total. The van der Waals surface area contributed by atoms with E-state index >= 15 is 0 Å². The van der Waals surface area contributed by atoms with Crippen molar-refractivity contribution in [2.24, 2.45) is 5.10 Å². The van der Waals surface area contributed by atoms with Crippen LogP contribution in [0.5, 0.6) is 0 Å². The zero-order chi connectivity index (χ0) is 17.6. The molecule has 2 aromatic carbocycles. The predicted molar refractivity (Wildman–Crippen MR) is 101 cm³/mol. The molecular weight excluding hydrogens is 334 g/mol. The van der Waals surface area contributed by atoms with Gasteiger partial charge in [-0.15, -0.1) is 0 Å². The van der Waals surface area contributed by atoms with Crippen LogP contribution in [-0.4, -0.2) is 23.8 Å². The lowest BCUT2D eigenvalue weighted by Crippen LogP contribution is -2.04. The molecule has 1 aromatic heterocycles. The van der Waals surface area contributed by atoms with Crippen LogP contribution in [0.4, 0.5) is 5.13 Å². The van der Waals surface area contributed by atoms with Crippen LogP contribution in [0.1, 0.15) is 23.0 Å². The highest BCUT2D eigenvalue weighted by Crippen LogP contribution is 2.33. The highest BCUT2D eigenvalue weighted by atomic mass is 32.1. The fourth-order valence-electron chi connectivity index (χ4n) is 2.26. The summed E-state index contributed by atoms with van der Waals surface area (Å²) >= 11 is 1.36. The molecule has 0 saturated heterocycles. The van der Waals surface area contributed by atoms with Crippen molar-refractivity contribution in [3.8, 4) is 10.4 Å². The molecule has 0 aliphatic carbocycles. The third-order valence-corrected chi connectivity index (χ3v) is 4.56.